The van der Waals surface area contributed by atoms with Gasteiger partial charge in [0.1, 0.15) is 0 Å². The maximum Gasteiger partial charge on any atom is 0.319 e. The van der Waals surface area contributed by atoms with Crippen molar-refractivity contribution < 1.29 is 18.0 Å². The van der Waals surface area contributed by atoms with Crippen LogP contribution in [-0.4, -0.2) is 78.8 Å². The molecule has 13 heteroatoms. The largest absolute Gasteiger partial charge is 0.337 e. The number of sulfonamides is 1. The molecule has 3 amide bonds. The molecule has 0 unspecified atom stereocenters. The molecule has 36 heavy (non-hydrogen) atoms. The number of piperazine rings is 1. The Balaban J connectivity index is 1.26. The maximum atomic E-state index is 13.1. The average molecular weight is 532 g/mol. The first-order chi connectivity index (χ1) is 17.1. The van der Waals surface area contributed by atoms with Crippen LogP contribution >= 0.6 is 11.3 Å². The van der Waals surface area contributed by atoms with Crippen LogP contribution in [0, 0.1) is 13.8 Å². The van der Waals surface area contributed by atoms with Crippen molar-refractivity contribution in [3.8, 4) is 0 Å². The molecule has 0 saturated carbocycles. The molecule has 11 nitrogen and oxygen atoms in total. The van der Waals surface area contributed by atoms with Crippen molar-refractivity contribution in [1.82, 2.24) is 24.5 Å². The Kier molecular flexibility index (Phi) is 7.83. The van der Waals surface area contributed by atoms with Crippen molar-refractivity contribution in [2.75, 3.05) is 49.9 Å². The van der Waals surface area contributed by atoms with Gasteiger partial charge in [-0.05, 0) is 26.0 Å². The van der Waals surface area contributed by atoms with Crippen LogP contribution in [0.4, 0.5) is 15.6 Å². The number of nitrogens with one attached hydrogen (secondary N) is 3. The lowest BCUT2D eigenvalue weighted by Crippen LogP contribution is -2.50. The summed E-state index contributed by atoms with van der Waals surface area (Å²) in [6.07, 6.45) is 0. The summed E-state index contributed by atoms with van der Waals surface area (Å²) in [4.78, 5) is 34.5. The summed E-state index contributed by atoms with van der Waals surface area (Å²) in [5.41, 5.74) is 2.71. The fourth-order valence-electron chi connectivity index (χ4n) is 4.04. The van der Waals surface area contributed by atoms with Gasteiger partial charge in [0.15, 0.2) is 9.34 Å². The SMILES string of the molecule is CC(=O)Nc1nc(C)c(S(=O)(=O)N2CCN(CCNC(=O)Nc3cc(C)nc4ccccc34)CC2)s1. The van der Waals surface area contributed by atoms with Gasteiger partial charge in [0.2, 0.25) is 5.91 Å². The number of aryl methyl sites for hydroxylation is 2. The number of aromatic nitrogens is 2. The number of fused-ring (bicyclic) bond motifs is 1. The van der Waals surface area contributed by atoms with Gasteiger partial charge in [0, 0.05) is 57.3 Å². The molecule has 3 aromatic rings. The van der Waals surface area contributed by atoms with Gasteiger partial charge in [0.25, 0.3) is 10.0 Å². The number of anilines is 2. The number of para-hydroxylation sites is 1. The minimum absolute atomic E-state index is 0.150. The zero-order valence-corrected chi connectivity index (χ0v) is 22.0. The maximum absolute atomic E-state index is 13.1. The van der Waals surface area contributed by atoms with Crippen molar-refractivity contribution in [3.63, 3.8) is 0 Å². The highest BCUT2D eigenvalue weighted by molar-refractivity contribution is 7.91. The third kappa shape index (κ3) is 5.98. The van der Waals surface area contributed by atoms with Gasteiger partial charge in [-0.2, -0.15) is 4.31 Å². The molecule has 1 aliphatic heterocycles. The molecular weight excluding hydrogens is 502 g/mol. The Bertz CT molecular complexity index is 1380. The number of rotatable bonds is 7. The normalized spacial score (nSPS) is 15.1. The molecule has 0 atom stereocenters. The molecule has 1 aromatic carbocycles. The lowest BCUT2D eigenvalue weighted by molar-refractivity contribution is -0.114. The van der Waals surface area contributed by atoms with Crippen molar-refractivity contribution in [2.45, 2.75) is 25.0 Å². The molecule has 192 valence electrons. The van der Waals surface area contributed by atoms with Crippen molar-refractivity contribution in [1.29, 1.82) is 0 Å². The first-order valence-electron chi connectivity index (χ1n) is 11.5. The van der Waals surface area contributed by atoms with E-state index in [1.165, 1.54) is 11.2 Å². The fourth-order valence-corrected chi connectivity index (χ4v) is 7.06. The quantitative estimate of drug-likeness (QED) is 0.426. The molecule has 2 aromatic heterocycles. The lowest BCUT2D eigenvalue weighted by Gasteiger charge is -2.33. The Morgan fingerprint density at radius 3 is 2.50 bits per heavy atom. The number of nitrogens with zero attached hydrogens (tertiary/aromatic N) is 4. The van der Waals surface area contributed by atoms with Gasteiger partial charge in [-0.1, -0.05) is 29.5 Å². The summed E-state index contributed by atoms with van der Waals surface area (Å²) in [5.74, 6) is -0.298. The van der Waals surface area contributed by atoms with Gasteiger partial charge < -0.3 is 16.0 Å². The summed E-state index contributed by atoms with van der Waals surface area (Å²) in [7, 11) is -3.69. The predicted octanol–water partition coefficient (Wildman–Crippen LogP) is 2.39. The first-order valence-corrected chi connectivity index (χ1v) is 13.8. The number of thiazole rings is 1. The highest BCUT2D eigenvalue weighted by Crippen LogP contribution is 2.30. The summed E-state index contributed by atoms with van der Waals surface area (Å²) in [6.45, 7) is 7.65. The van der Waals surface area contributed by atoms with E-state index in [-0.39, 0.29) is 21.3 Å². The van der Waals surface area contributed by atoms with Crippen LogP contribution in [0.15, 0.2) is 34.5 Å². The van der Waals surface area contributed by atoms with Crippen molar-refractivity contribution in [3.05, 3.63) is 41.7 Å². The number of hydrogen-bond acceptors (Lipinski definition) is 8. The second-order valence-corrected chi connectivity index (χ2v) is 11.7. The second kappa shape index (κ2) is 10.9. The lowest BCUT2D eigenvalue weighted by atomic mass is 10.1. The predicted molar refractivity (Wildman–Crippen MR) is 140 cm³/mol. The van der Waals surface area contributed by atoms with Gasteiger partial charge in [-0.3, -0.25) is 14.7 Å². The van der Waals surface area contributed by atoms with Crippen LogP contribution in [-0.2, 0) is 14.8 Å². The smallest absolute Gasteiger partial charge is 0.319 e. The Morgan fingerprint density at radius 1 is 1.06 bits per heavy atom. The van der Waals surface area contributed by atoms with E-state index < -0.39 is 10.0 Å². The van der Waals surface area contributed by atoms with Crippen LogP contribution in [0.3, 0.4) is 0 Å². The monoisotopic (exact) mass is 531 g/mol. The summed E-state index contributed by atoms with van der Waals surface area (Å²) in [5, 5.41) is 9.46. The molecular formula is C23H29N7O4S2. The van der Waals surface area contributed by atoms with Crippen LogP contribution < -0.4 is 16.0 Å². The Hall–Kier alpha value is -3.13. The third-order valence-corrected chi connectivity index (χ3v) is 9.31. The fraction of sp³-hybridized carbons (Fsp3) is 0.391. The zero-order valence-electron chi connectivity index (χ0n) is 20.4. The van der Waals surface area contributed by atoms with E-state index in [1.54, 1.807) is 6.92 Å². The molecule has 1 aliphatic rings. The number of amides is 3. The van der Waals surface area contributed by atoms with Crippen LogP contribution in [0.5, 0.6) is 0 Å². The van der Waals surface area contributed by atoms with E-state index in [1.807, 2.05) is 37.3 Å². The van der Waals surface area contributed by atoms with Gasteiger partial charge >= 0.3 is 6.03 Å². The number of carbonyl (C=O) groups is 2. The van der Waals surface area contributed by atoms with Crippen molar-refractivity contribution in [2.24, 2.45) is 0 Å². The molecule has 0 radical (unpaired) electrons. The van der Waals surface area contributed by atoms with E-state index in [4.69, 9.17) is 0 Å². The van der Waals surface area contributed by atoms with E-state index >= 15 is 0 Å². The minimum atomic E-state index is -3.69. The minimum Gasteiger partial charge on any atom is -0.337 e. The van der Waals surface area contributed by atoms with Gasteiger partial charge in [-0.25, -0.2) is 18.2 Å². The zero-order chi connectivity index (χ0) is 25.9. The number of carbonyl (C=O) groups excluding carboxylic acids is 2. The molecule has 3 N–H and O–H groups in total. The number of hydrogen-bond donors (Lipinski definition) is 3. The first kappa shape index (κ1) is 25.9. The highest BCUT2D eigenvalue weighted by atomic mass is 32.2. The molecule has 1 fully saturated rings. The van der Waals surface area contributed by atoms with Crippen molar-refractivity contribution >= 4 is 55.0 Å². The van der Waals surface area contributed by atoms with Crippen LogP contribution in [0.1, 0.15) is 18.3 Å². The van der Waals surface area contributed by atoms with E-state index in [0.717, 1.165) is 27.9 Å². The molecule has 1 saturated heterocycles. The van der Waals surface area contributed by atoms with Gasteiger partial charge in [-0.15, -0.1) is 0 Å². The molecule has 0 aliphatic carbocycles. The van der Waals surface area contributed by atoms with E-state index in [2.05, 4.69) is 30.8 Å². The standard InChI is InChI=1S/C23H29N7O4S2/c1-15-14-20(18-6-4-5-7-19(18)25-15)28-22(32)24-8-9-29-10-12-30(13-11-29)36(33,34)21-16(2)26-23(35-21)27-17(3)31/h4-7,14H,8-13H2,1-3H3,(H,26,27,31)(H2,24,25,28,32). The number of pyridine rings is 1. The highest BCUT2D eigenvalue weighted by Gasteiger charge is 2.32. The molecule has 0 spiro atoms. The van der Waals surface area contributed by atoms with E-state index in [0.29, 0.717) is 50.6 Å². The molecule has 0 bridgehead atoms. The molecule has 3 heterocycles. The topological polar surface area (TPSA) is 137 Å². The van der Waals surface area contributed by atoms with Crippen LogP contribution in [0.25, 0.3) is 10.9 Å². The summed E-state index contributed by atoms with van der Waals surface area (Å²) in [6, 6.07) is 9.17. The number of urea groups is 1. The summed E-state index contributed by atoms with van der Waals surface area (Å²) >= 11 is 0.964. The summed E-state index contributed by atoms with van der Waals surface area (Å²) < 4.78 is 27.8. The van der Waals surface area contributed by atoms with E-state index in [9.17, 15) is 18.0 Å². The number of benzene rings is 1. The second-order valence-electron chi connectivity index (χ2n) is 8.53. The Labute approximate surface area is 214 Å². The Morgan fingerprint density at radius 2 is 1.78 bits per heavy atom. The van der Waals surface area contributed by atoms with Gasteiger partial charge in [0.05, 0.1) is 16.9 Å². The van der Waals surface area contributed by atoms with Crippen LogP contribution in [0.2, 0.25) is 0 Å². The third-order valence-electron chi connectivity index (χ3n) is 5.75. The average Bonchev–Trinajstić information content (AvgIpc) is 3.19. The molecule has 4 rings (SSSR count).